The molecule has 1 aliphatic heterocycles. The number of aromatic nitrogens is 1. The summed E-state index contributed by atoms with van der Waals surface area (Å²) in [5, 5.41) is 0.998. The predicted molar refractivity (Wildman–Crippen MR) is 109 cm³/mol. The van der Waals surface area contributed by atoms with Crippen LogP contribution in [0.15, 0.2) is 36.4 Å². The number of methoxy groups -OCH3 is 1. The summed E-state index contributed by atoms with van der Waals surface area (Å²) in [4.78, 5) is 20.1. The van der Waals surface area contributed by atoms with E-state index < -0.39 is 0 Å². The molecule has 2 aromatic carbocycles. The van der Waals surface area contributed by atoms with Gasteiger partial charge in [-0.25, -0.2) is 0 Å². The molecule has 27 heavy (non-hydrogen) atoms. The minimum absolute atomic E-state index is 0.00624. The van der Waals surface area contributed by atoms with Gasteiger partial charge in [0, 0.05) is 11.9 Å². The highest BCUT2D eigenvalue weighted by molar-refractivity contribution is 6.09. The van der Waals surface area contributed by atoms with Crippen LogP contribution in [0, 0.1) is 20.8 Å². The number of anilines is 1. The maximum atomic E-state index is 13.5. The van der Waals surface area contributed by atoms with E-state index in [-0.39, 0.29) is 5.91 Å². The van der Waals surface area contributed by atoms with Crippen LogP contribution in [0.5, 0.6) is 5.75 Å². The molecule has 1 aliphatic rings. The molecule has 1 amide bonds. The van der Waals surface area contributed by atoms with Crippen LogP contribution in [0.25, 0.3) is 10.9 Å². The molecule has 138 valence electrons. The van der Waals surface area contributed by atoms with Crippen molar-refractivity contribution in [1.29, 1.82) is 0 Å². The molecule has 0 N–H and O–H groups in total. The lowest BCUT2D eigenvalue weighted by atomic mass is 9.95. The molecule has 4 nitrogen and oxygen atoms in total. The van der Waals surface area contributed by atoms with E-state index in [9.17, 15) is 4.79 Å². The molecule has 0 aliphatic carbocycles. The molecule has 0 spiro atoms. The smallest absolute Gasteiger partial charge is 0.260 e. The van der Waals surface area contributed by atoms with E-state index in [1.54, 1.807) is 7.11 Å². The van der Waals surface area contributed by atoms with Gasteiger partial charge >= 0.3 is 0 Å². The summed E-state index contributed by atoms with van der Waals surface area (Å²) in [7, 11) is 1.66. The molecule has 0 radical (unpaired) electrons. The second-order valence-corrected chi connectivity index (χ2v) is 7.29. The van der Waals surface area contributed by atoms with E-state index in [0.29, 0.717) is 12.1 Å². The lowest BCUT2D eigenvalue weighted by Crippen LogP contribution is -2.36. The Morgan fingerprint density at radius 2 is 1.93 bits per heavy atom. The van der Waals surface area contributed by atoms with Gasteiger partial charge < -0.3 is 9.64 Å². The molecule has 0 bridgehead atoms. The molecular weight excluding hydrogens is 336 g/mol. The number of hydrogen-bond donors (Lipinski definition) is 0. The number of carbonyl (C=O) groups excluding carboxylic acids is 1. The zero-order chi connectivity index (χ0) is 19.1. The SMILES string of the molecule is COc1ccc(C)c2c1N(C(=O)c1cc3cc(C)ccc3nc1C)CCC2. The van der Waals surface area contributed by atoms with Crippen LogP contribution in [-0.4, -0.2) is 24.5 Å². The Bertz CT molecular complexity index is 1060. The normalized spacial score (nSPS) is 13.6. The van der Waals surface area contributed by atoms with E-state index in [2.05, 4.69) is 31.0 Å². The Kier molecular flexibility index (Phi) is 4.34. The Labute approximate surface area is 159 Å². The molecule has 0 atom stereocenters. The number of nitrogens with zero attached hydrogens (tertiary/aromatic N) is 2. The van der Waals surface area contributed by atoms with Crippen molar-refractivity contribution >= 4 is 22.5 Å². The number of ether oxygens (including phenoxy) is 1. The van der Waals surface area contributed by atoms with E-state index in [4.69, 9.17) is 4.74 Å². The fourth-order valence-electron chi connectivity index (χ4n) is 3.97. The molecule has 0 saturated carbocycles. The number of rotatable bonds is 2. The van der Waals surface area contributed by atoms with Crippen molar-refractivity contribution < 1.29 is 9.53 Å². The van der Waals surface area contributed by atoms with Gasteiger partial charge in [0.1, 0.15) is 5.75 Å². The summed E-state index contributed by atoms with van der Waals surface area (Å²) < 4.78 is 5.59. The van der Waals surface area contributed by atoms with Gasteiger partial charge in [0.05, 0.1) is 29.6 Å². The van der Waals surface area contributed by atoms with Crippen molar-refractivity contribution in [3.63, 3.8) is 0 Å². The minimum atomic E-state index is -0.00624. The first-order valence-corrected chi connectivity index (χ1v) is 9.36. The minimum Gasteiger partial charge on any atom is -0.495 e. The summed E-state index contributed by atoms with van der Waals surface area (Å²) in [6, 6.07) is 12.1. The van der Waals surface area contributed by atoms with Crippen molar-refractivity contribution in [1.82, 2.24) is 4.98 Å². The lowest BCUT2D eigenvalue weighted by Gasteiger charge is -2.32. The summed E-state index contributed by atoms with van der Waals surface area (Å²) in [6.45, 7) is 6.75. The van der Waals surface area contributed by atoms with Crippen LogP contribution in [0.3, 0.4) is 0 Å². The van der Waals surface area contributed by atoms with E-state index >= 15 is 0 Å². The maximum Gasteiger partial charge on any atom is 0.260 e. The standard InChI is InChI=1S/C23H24N2O2/c1-14-7-9-20-17(12-14)13-19(16(3)24-20)23(26)25-11-5-6-18-15(2)8-10-21(27-4)22(18)25/h7-10,12-13H,5-6,11H2,1-4H3. The van der Waals surface area contributed by atoms with Gasteiger partial charge in [-0.05, 0) is 69.0 Å². The third-order valence-electron chi connectivity index (χ3n) is 5.41. The summed E-state index contributed by atoms with van der Waals surface area (Å²) >= 11 is 0. The van der Waals surface area contributed by atoms with Gasteiger partial charge in [-0.2, -0.15) is 0 Å². The van der Waals surface area contributed by atoms with Crippen molar-refractivity contribution in [2.45, 2.75) is 33.6 Å². The summed E-state index contributed by atoms with van der Waals surface area (Å²) in [6.07, 6.45) is 1.92. The van der Waals surface area contributed by atoms with Crippen LogP contribution < -0.4 is 9.64 Å². The van der Waals surface area contributed by atoms with Crippen LogP contribution in [-0.2, 0) is 6.42 Å². The third kappa shape index (κ3) is 2.95. The monoisotopic (exact) mass is 360 g/mol. The molecule has 0 saturated heterocycles. The van der Waals surface area contributed by atoms with E-state index in [1.165, 1.54) is 11.1 Å². The average Bonchev–Trinajstić information content (AvgIpc) is 2.67. The highest BCUT2D eigenvalue weighted by Crippen LogP contribution is 2.39. The van der Waals surface area contributed by atoms with Gasteiger partial charge in [-0.1, -0.05) is 17.7 Å². The van der Waals surface area contributed by atoms with Crippen molar-refractivity contribution in [2.24, 2.45) is 0 Å². The second-order valence-electron chi connectivity index (χ2n) is 7.29. The van der Waals surface area contributed by atoms with Crippen molar-refractivity contribution in [2.75, 3.05) is 18.6 Å². The quantitative estimate of drug-likeness (QED) is 0.662. The largest absolute Gasteiger partial charge is 0.495 e. The summed E-state index contributed by atoms with van der Waals surface area (Å²) in [5.74, 6) is 0.749. The van der Waals surface area contributed by atoms with Crippen LogP contribution in [0.2, 0.25) is 0 Å². The highest BCUT2D eigenvalue weighted by atomic mass is 16.5. The Hall–Kier alpha value is -2.88. The Morgan fingerprint density at radius 1 is 1.11 bits per heavy atom. The number of hydrogen-bond acceptors (Lipinski definition) is 3. The lowest BCUT2D eigenvalue weighted by molar-refractivity contribution is 0.0983. The molecule has 4 heteroatoms. The van der Waals surface area contributed by atoms with Crippen LogP contribution in [0.4, 0.5) is 5.69 Å². The van der Waals surface area contributed by atoms with Gasteiger partial charge in [0.2, 0.25) is 0 Å². The first-order chi connectivity index (χ1) is 13.0. The molecule has 0 unspecified atom stereocenters. The van der Waals surface area contributed by atoms with Gasteiger partial charge in [0.25, 0.3) is 5.91 Å². The zero-order valence-electron chi connectivity index (χ0n) is 16.3. The number of aryl methyl sites for hydroxylation is 3. The fraction of sp³-hybridized carbons (Fsp3) is 0.304. The number of amides is 1. The van der Waals surface area contributed by atoms with Gasteiger partial charge in [-0.15, -0.1) is 0 Å². The first-order valence-electron chi connectivity index (χ1n) is 9.36. The maximum absolute atomic E-state index is 13.5. The van der Waals surface area contributed by atoms with E-state index in [1.807, 2.05) is 36.1 Å². The zero-order valence-corrected chi connectivity index (χ0v) is 16.3. The van der Waals surface area contributed by atoms with Crippen molar-refractivity contribution in [3.8, 4) is 5.75 Å². The van der Waals surface area contributed by atoms with Crippen LogP contribution >= 0.6 is 0 Å². The number of fused-ring (bicyclic) bond motifs is 2. The summed E-state index contributed by atoms with van der Waals surface area (Å²) in [5.41, 5.74) is 6.81. The predicted octanol–water partition coefficient (Wildman–Crippen LogP) is 4.76. The molecule has 2 heterocycles. The second kappa shape index (κ2) is 6.69. The number of carbonyl (C=O) groups is 1. The third-order valence-corrected chi connectivity index (χ3v) is 5.41. The molecular formula is C23H24N2O2. The molecule has 0 fully saturated rings. The Balaban J connectivity index is 1.85. The highest BCUT2D eigenvalue weighted by Gasteiger charge is 2.29. The average molecular weight is 360 g/mol. The van der Waals surface area contributed by atoms with Gasteiger partial charge in [-0.3, -0.25) is 9.78 Å². The van der Waals surface area contributed by atoms with E-state index in [0.717, 1.165) is 46.4 Å². The molecule has 1 aromatic heterocycles. The van der Waals surface area contributed by atoms with Crippen LogP contribution in [0.1, 0.15) is 39.2 Å². The molecule has 4 rings (SSSR count). The number of benzene rings is 2. The van der Waals surface area contributed by atoms with Gasteiger partial charge in [0.15, 0.2) is 0 Å². The van der Waals surface area contributed by atoms with Crippen molar-refractivity contribution in [3.05, 3.63) is 64.3 Å². The number of pyridine rings is 1. The first kappa shape index (κ1) is 17.5. The fourth-order valence-corrected chi connectivity index (χ4v) is 3.97. The Morgan fingerprint density at radius 3 is 2.70 bits per heavy atom. The topological polar surface area (TPSA) is 42.4 Å². The molecule has 3 aromatic rings.